The van der Waals surface area contributed by atoms with Crippen LogP contribution in [0.4, 0.5) is 11.6 Å². The maximum Gasteiger partial charge on any atom is 0.207 e. The highest BCUT2D eigenvalue weighted by molar-refractivity contribution is 5.67. The Hall–Kier alpha value is -3.20. The Morgan fingerprint density at radius 3 is 2.67 bits per heavy atom. The second kappa shape index (κ2) is 9.69. The molecule has 0 saturated carbocycles. The molecule has 1 N–H and O–H groups in total. The molecule has 3 aliphatic rings. The molecular weight excluding hydrogens is 452 g/mol. The molecule has 0 bridgehead atoms. The Morgan fingerprint density at radius 2 is 1.92 bits per heavy atom. The Morgan fingerprint density at radius 1 is 1.08 bits per heavy atom. The minimum absolute atomic E-state index is 0.0744. The zero-order valence-corrected chi connectivity index (χ0v) is 21.5. The van der Waals surface area contributed by atoms with E-state index in [1.165, 1.54) is 25.3 Å². The molecule has 0 spiro atoms. The molecule has 1 atom stereocenters. The number of rotatable bonds is 7. The maximum atomic E-state index is 5.97. The van der Waals surface area contributed by atoms with Gasteiger partial charge in [0.25, 0.3) is 0 Å². The van der Waals surface area contributed by atoms with E-state index in [0.29, 0.717) is 11.8 Å². The molecule has 6 rings (SSSR count). The normalized spacial score (nSPS) is 20.2. The number of imidazole rings is 1. The number of nitrogens with zero attached hydrogens (tertiary/aromatic N) is 7. The molecule has 36 heavy (non-hydrogen) atoms. The summed E-state index contributed by atoms with van der Waals surface area (Å²) in [7, 11) is 0. The zero-order valence-electron chi connectivity index (χ0n) is 21.5. The van der Waals surface area contributed by atoms with Gasteiger partial charge in [-0.3, -0.25) is 4.98 Å². The number of fused-ring (bicyclic) bond motifs is 1. The van der Waals surface area contributed by atoms with Crippen LogP contribution >= 0.6 is 0 Å². The van der Waals surface area contributed by atoms with Crippen molar-refractivity contribution < 1.29 is 4.74 Å². The van der Waals surface area contributed by atoms with E-state index in [1.807, 2.05) is 13.1 Å². The fraction of sp³-hybridized carbons (Fsp3) is 0.556. The quantitative estimate of drug-likeness (QED) is 0.532. The lowest BCUT2D eigenvalue weighted by Crippen LogP contribution is -2.39. The lowest BCUT2D eigenvalue weighted by Gasteiger charge is -2.34. The van der Waals surface area contributed by atoms with Crippen LogP contribution in [0.5, 0.6) is 5.75 Å². The first-order valence-electron chi connectivity index (χ1n) is 13.3. The van der Waals surface area contributed by atoms with Crippen LogP contribution in [-0.4, -0.2) is 68.4 Å². The zero-order chi connectivity index (χ0) is 24.6. The van der Waals surface area contributed by atoms with E-state index in [2.05, 4.69) is 66.8 Å². The first-order chi connectivity index (χ1) is 17.5. The van der Waals surface area contributed by atoms with Crippen LogP contribution in [0.2, 0.25) is 0 Å². The van der Waals surface area contributed by atoms with Gasteiger partial charge in [-0.2, -0.15) is 0 Å². The van der Waals surface area contributed by atoms with Crippen molar-refractivity contribution >= 4 is 11.6 Å². The molecule has 3 aromatic heterocycles. The first-order valence-corrected chi connectivity index (χ1v) is 13.3. The fourth-order valence-corrected chi connectivity index (χ4v) is 5.40. The van der Waals surface area contributed by atoms with Gasteiger partial charge < -0.3 is 24.4 Å². The van der Waals surface area contributed by atoms with Crippen molar-refractivity contribution in [1.82, 2.24) is 29.4 Å². The van der Waals surface area contributed by atoms with Gasteiger partial charge in [0.15, 0.2) is 17.9 Å². The minimum Gasteiger partial charge on any atom is -0.463 e. The molecule has 6 heterocycles. The van der Waals surface area contributed by atoms with E-state index in [-0.39, 0.29) is 6.23 Å². The topological polar surface area (TPSA) is 84.2 Å². The number of ether oxygens (including phenoxy) is 1. The third-order valence-electron chi connectivity index (χ3n) is 7.66. The maximum absolute atomic E-state index is 5.97. The number of likely N-dealkylation sites (tertiary alicyclic amines) is 1. The highest BCUT2D eigenvalue weighted by Crippen LogP contribution is 2.40. The van der Waals surface area contributed by atoms with Crippen molar-refractivity contribution in [3.8, 4) is 17.0 Å². The van der Waals surface area contributed by atoms with Gasteiger partial charge in [-0.05, 0) is 57.3 Å². The van der Waals surface area contributed by atoms with Gasteiger partial charge >= 0.3 is 0 Å². The summed E-state index contributed by atoms with van der Waals surface area (Å²) in [4.78, 5) is 23.6. The third-order valence-corrected chi connectivity index (χ3v) is 7.66. The van der Waals surface area contributed by atoms with Crippen molar-refractivity contribution in [2.45, 2.75) is 64.6 Å². The van der Waals surface area contributed by atoms with E-state index in [4.69, 9.17) is 9.72 Å². The SMILES string of the molecule is CC1Nc2ncnc(N3CCC(c4nc(-c5ccnc(C(C)C)c5)cn4CCN4CCC4)CC3)c2O1. The van der Waals surface area contributed by atoms with Gasteiger partial charge in [0.05, 0.1) is 5.69 Å². The molecule has 9 heteroatoms. The fourth-order valence-electron chi connectivity index (χ4n) is 5.40. The highest BCUT2D eigenvalue weighted by Gasteiger charge is 2.31. The van der Waals surface area contributed by atoms with Crippen LogP contribution in [0.15, 0.2) is 30.9 Å². The largest absolute Gasteiger partial charge is 0.463 e. The van der Waals surface area contributed by atoms with E-state index < -0.39 is 0 Å². The summed E-state index contributed by atoms with van der Waals surface area (Å²) in [5.74, 6) is 4.50. The van der Waals surface area contributed by atoms with Crippen molar-refractivity contribution in [2.24, 2.45) is 0 Å². The molecule has 0 aliphatic carbocycles. The molecule has 190 valence electrons. The van der Waals surface area contributed by atoms with Gasteiger partial charge in [0.1, 0.15) is 12.2 Å². The third kappa shape index (κ3) is 4.52. The number of nitrogens with one attached hydrogen (secondary N) is 1. The van der Waals surface area contributed by atoms with Crippen LogP contribution in [0.3, 0.4) is 0 Å². The summed E-state index contributed by atoms with van der Waals surface area (Å²) in [6.45, 7) is 12.7. The summed E-state index contributed by atoms with van der Waals surface area (Å²) in [5, 5.41) is 3.26. The molecular formula is C27H36N8O. The molecule has 0 amide bonds. The number of aromatic nitrogens is 5. The van der Waals surface area contributed by atoms with E-state index >= 15 is 0 Å². The summed E-state index contributed by atoms with van der Waals surface area (Å²) in [5.41, 5.74) is 3.33. The van der Waals surface area contributed by atoms with Crippen molar-refractivity contribution in [3.05, 3.63) is 42.4 Å². The second-order valence-corrected chi connectivity index (χ2v) is 10.5. The highest BCUT2D eigenvalue weighted by atomic mass is 16.5. The smallest absolute Gasteiger partial charge is 0.207 e. The van der Waals surface area contributed by atoms with E-state index in [0.717, 1.165) is 73.4 Å². The van der Waals surface area contributed by atoms with Gasteiger partial charge in [-0.1, -0.05) is 13.8 Å². The monoisotopic (exact) mass is 488 g/mol. The Balaban J connectivity index is 1.22. The standard InChI is InChI=1S/C27H36N8O/c1-18(2)22-15-21(5-8-28-22)23-16-35(14-13-33-9-4-10-33)26(32-23)20-6-11-34(12-7-20)27-24-25(29-17-30-27)31-19(3)36-24/h5,8,15-20H,4,6-7,9-14H2,1-3H3,(H,29,30,31). The van der Waals surface area contributed by atoms with E-state index in [9.17, 15) is 0 Å². The Labute approximate surface area is 212 Å². The Bertz CT molecular complexity index is 1210. The second-order valence-electron chi connectivity index (χ2n) is 10.5. The number of anilines is 2. The molecule has 0 aromatic carbocycles. The molecule has 1 unspecified atom stereocenters. The van der Waals surface area contributed by atoms with Crippen LogP contribution in [0.25, 0.3) is 11.3 Å². The molecule has 2 fully saturated rings. The average molecular weight is 489 g/mol. The van der Waals surface area contributed by atoms with Gasteiger partial charge in [-0.15, -0.1) is 0 Å². The van der Waals surface area contributed by atoms with Crippen molar-refractivity contribution in [3.63, 3.8) is 0 Å². The van der Waals surface area contributed by atoms with Crippen LogP contribution in [0, 0.1) is 0 Å². The van der Waals surface area contributed by atoms with Crippen LogP contribution < -0.4 is 15.0 Å². The lowest BCUT2D eigenvalue weighted by molar-refractivity contribution is 0.173. The van der Waals surface area contributed by atoms with Crippen molar-refractivity contribution in [1.29, 1.82) is 0 Å². The number of hydrogen-bond acceptors (Lipinski definition) is 8. The summed E-state index contributed by atoms with van der Waals surface area (Å²) in [6, 6.07) is 4.29. The van der Waals surface area contributed by atoms with Crippen molar-refractivity contribution in [2.75, 3.05) is 42.9 Å². The lowest BCUT2D eigenvalue weighted by atomic mass is 9.95. The first kappa shape index (κ1) is 23.2. The van der Waals surface area contributed by atoms with E-state index in [1.54, 1.807) is 6.33 Å². The molecule has 0 radical (unpaired) electrons. The molecule has 3 aliphatic heterocycles. The number of piperidine rings is 1. The summed E-state index contributed by atoms with van der Waals surface area (Å²) >= 11 is 0. The summed E-state index contributed by atoms with van der Waals surface area (Å²) < 4.78 is 8.38. The van der Waals surface area contributed by atoms with Gasteiger partial charge in [0, 0.05) is 55.7 Å². The average Bonchev–Trinajstić information content (AvgIpc) is 3.46. The molecule has 9 nitrogen and oxygen atoms in total. The predicted octanol–water partition coefficient (Wildman–Crippen LogP) is 4.10. The number of pyridine rings is 1. The number of hydrogen-bond donors (Lipinski definition) is 1. The minimum atomic E-state index is -0.0744. The van der Waals surface area contributed by atoms with Crippen LogP contribution in [0.1, 0.15) is 63.4 Å². The van der Waals surface area contributed by atoms with Crippen LogP contribution in [-0.2, 0) is 6.54 Å². The predicted molar refractivity (Wildman–Crippen MR) is 141 cm³/mol. The van der Waals surface area contributed by atoms with Gasteiger partial charge in [-0.25, -0.2) is 15.0 Å². The Kier molecular flexibility index (Phi) is 6.25. The summed E-state index contributed by atoms with van der Waals surface area (Å²) in [6.07, 6.45) is 9.13. The van der Waals surface area contributed by atoms with Gasteiger partial charge in [0.2, 0.25) is 5.75 Å². The molecule has 2 saturated heterocycles. The molecule has 3 aromatic rings.